The van der Waals surface area contributed by atoms with Gasteiger partial charge in [-0.15, -0.1) is 0 Å². The minimum Gasteiger partial charge on any atom is -0.463 e. The molecule has 1 aliphatic rings. The lowest BCUT2D eigenvalue weighted by molar-refractivity contribution is -0.384. The van der Waals surface area contributed by atoms with Gasteiger partial charge < -0.3 is 9.15 Å². The number of nitrogens with zero attached hydrogens (tertiary/aromatic N) is 3. The second-order valence-electron chi connectivity index (χ2n) is 9.35. The van der Waals surface area contributed by atoms with Crippen LogP contribution in [-0.2, 0) is 9.53 Å². The molecule has 1 atom stereocenters. The number of nitro benzene ring substituents is 1. The number of esters is 1. The van der Waals surface area contributed by atoms with Crippen LogP contribution in [0.5, 0.6) is 0 Å². The number of rotatable bonds is 7. The minimum absolute atomic E-state index is 0.0170. The lowest BCUT2D eigenvalue weighted by Crippen LogP contribution is -2.39. The number of furan rings is 1. The molecule has 0 amide bonds. The molecule has 1 aliphatic heterocycles. The van der Waals surface area contributed by atoms with Crippen LogP contribution in [0.4, 0.5) is 5.69 Å². The highest BCUT2D eigenvalue weighted by molar-refractivity contribution is 7.07. The predicted molar refractivity (Wildman–Crippen MR) is 158 cm³/mol. The number of carbonyl (C=O) groups is 1. The van der Waals surface area contributed by atoms with E-state index in [0.717, 1.165) is 11.1 Å². The van der Waals surface area contributed by atoms with E-state index in [1.807, 2.05) is 60.7 Å². The molecular formula is C32H23N3O6S. The summed E-state index contributed by atoms with van der Waals surface area (Å²) in [6.07, 6.45) is 1.64. The van der Waals surface area contributed by atoms with Crippen molar-refractivity contribution in [2.75, 3.05) is 6.61 Å². The topological polar surface area (TPSA) is 117 Å². The van der Waals surface area contributed by atoms with Crippen LogP contribution in [-0.4, -0.2) is 22.1 Å². The zero-order valence-corrected chi connectivity index (χ0v) is 23.1. The molecule has 0 fully saturated rings. The van der Waals surface area contributed by atoms with Gasteiger partial charge in [0.1, 0.15) is 11.5 Å². The Balaban J connectivity index is 1.51. The first-order valence-electron chi connectivity index (χ1n) is 13.1. The van der Waals surface area contributed by atoms with Crippen LogP contribution in [0.2, 0.25) is 0 Å². The van der Waals surface area contributed by atoms with Crippen molar-refractivity contribution in [3.8, 4) is 11.3 Å². The van der Waals surface area contributed by atoms with Gasteiger partial charge in [0.15, 0.2) is 4.80 Å². The Morgan fingerprint density at radius 2 is 1.69 bits per heavy atom. The van der Waals surface area contributed by atoms with E-state index < -0.39 is 16.9 Å². The van der Waals surface area contributed by atoms with Crippen molar-refractivity contribution in [2.24, 2.45) is 4.99 Å². The molecule has 10 heteroatoms. The summed E-state index contributed by atoms with van der Waals surface area (Å²) in [5.41, 5.74) is 2.54. The van der Waals surface area contributed by atoms with Crippen LogP contribution in [0.1, 0.15) is 29.9 Å². The molecule has 5 aromatic rings. The lowest BCUT2D eigenvalue weighted by atomic mass is 9.93. The number of thiazole rings is 1. The van der Waals surface area contributed by atoms with Crippen molar-refractivity contribution in [2.45, 2.75) is 13.0 Å². The van der Waals surface area contributed by atoms with Crippen molar-refractivity contribution in [3.05, 3.63) is 149 Å². The van der Waals surface area contributed by atoms with Crippen LogP contribution in [0.25, 0.3) is 23.1 Å². The van der Waals surface area contributed by atoms with Crippen LogP contribution in [0.15, 0.2) is 117 Å². The van der Waals surface area contributed by atoms with Crippen molar-refractivity contribution in [3.63, 3.8) is 0 Å². The zero-order chi connectivity index (χ0) is 29.2. The van der Waals surface area contributed by atoms with Crippen molar-refractivity contribution < 1.29 is 18.9 Å². The number of aromatic nitrogens is 1. The summed E-state index contributed by atoms with van der Waals surface area (Å²) in [6, 6.07) is 27.4. The number of fused-ring (bicyclic) bond motifs is 1. The second kappa shape index (κ2) is 11.3. The number of nitro groups is 1. The summed E-state index contributed by atoms with van der Waals surface area (Å²) in [6.45, 7) is 1.91. The van der Waals surface area contributed by atoms with Gasteiger partial charge in [0.2, 0.25) is 0 Å². The molecule has 6 rings (SSSR count). The molecule has 2 aromatic heterocycles. The van der Waals surface area contributed by atoms with Gasteiger partial charge in [-0.25, -0.2) is 9.79 Å². The van der Waals surface area contributed by atoms with E-state index >= 15 is 0 Å². The Labute approximate surface area is 243 Å². The largest absolute Gasteiger partial charge is 0.463 e. The smallest absolute Gasteiger partial charge is 0.338 e. The Morgan fingerprint density at radius 1 is 1.00 bits per heavy atom. The van der Waals surface area contributed by atoms with Gasteiger partial charge in [0.05, 0.1) is 33.4 Å². The third-order valence-electron chi connectivity index (χ3n) is 6.75. The molecule has 0 radical (unpaired) electrons. The van der Waals surface area contributed by atoms with Crippen molar-refractivity contribution >= 4 is 34.8 Å². The molecule has 0 saturated carbocycles. The van der Waals surface area contributed by atoms with E-state index in [1.54, 1.807) is 37.3 Å². The number of non-ortho nitro benzene ring substituents is 1. The van der Waals surface area contributed by atoms with E-state index in [9.17, 15) is 19.7 Å². The van der Waals surface area contributed by atoms with Gasteiger partial charge in [-0.1, -0.05) is 72.0 Å². The maximum absolute atomic E-state index is 14.0. The van der Waals surface area contributed by atoms with Gasteiger partial charge in [-0.05, 0) is 36.8 Å². The highest BCUT2D eigenvalue weighted by Gasteiger charge is 2.35. The molecule has 0 spiro atoms. The average molecular weight is 578 g/mol. The Morgan fingerprint density at radius 3 is 2.36 bits per heavy atom. The van der Waals surface area contributed by atoms with E-state index in [1.165, 1.54) is 28.0 Å². The Kier molecular flexibility index (Phi) is 7.20. The first-order chi connectivity index (χ1) is 20.4. The van der Waals surface area contributed by atoms with E-state index in [0.29, 0.717) is 32.1 Å². The highest BCUT2D eigenvalue weighted by atomic mass is 32.1. The van der Waals surface area contributed by atoms with E-state index in [2.05, 4.69) is 0 Å². The van der Waals surface area contributed by atoms with Gasteiger partial charge in [0, 0.05) is 29.3 Å². The van der Waals surface area contributed by atoms with Crippen molar-refractivity contribution in [1.82, 2.24) is 4.57 Å². The predicted octanol–water partition coefficient (Wildman–Crippen LogP) is 5.10. The van der Waals surface area contributed by atoms with Gasteiger partial charge >= 0.3 is 5.97 Å². The molecule has 0 saturated heterocycles. The summed E-state index contributed by atoms with van der Waals surface area (Å²) in [5.74, 6) is 0.391. The Hall–Kier alpha value is -5.35. The SMILES string of the molecule is CCOC(=O)C1=C(c2ccccc2)N=c2s/c(=C\c3ccc(-c4ccc([N+](=O)[O-])cc4)o3)c(=O)n2C1c1ccccc1. The van der Waals surface area contributed by atoms with Gasteiger partial charge in [-0.2, -0.15) is 0 Å². The molecule has 1 unspecified atom stereocenters. The van der Waals surface area contributed by atoms with E-state index in [-0.39, 0.29) is 23.4 Å². The molecule has 42 heavy (non-hydrogen) atoms. The lowest BCUT2D eigenvalue weighted by Gasteiger charge is -2.25. The van der Waals surface area contributed by atoms with Gasteiger partial charge in [-0.3, -0.25) is 19.5 Å². The van der Waals surface area contributed by atoms with Crippen LogP contribution < -0.4 is 14.9 Å². The maximum atomic E-state index is 14.0. The number of hydrogen-bond donors (Lipinski definition) is 0. The fraction of sp³-hybridized carbons (Fsp3) is 0.0938. The fourth-order valence-electron chi connectivity index (χ4n) is 4.85. The molecule has 208 valence electrons. The minimum atomic E-state index is -0.758. The highest BCUT2D eigenvalue weighted by Crippen LogP contribution is 2.35. The standard InChI is InChI=1S/C32H23N3O6S/c1-2-40-31(37)27-28(21-9-5-3-6-10-21)33-32-34(29(27)22-11-7-4-8-12-22)30(36)26(42-32)19-24-17-18-25(41-24)20-13-15-23(16-14-20)35(38)39/h3-19,29H,2H2,1H3/b26-19-. The van der Waals surface area contributed by atoms with Gasteiger partial charge in [0.25, 0.3) is 11.2 Å². The number of ether oxygens (including phenoxy) is 1. The van der Waals surface area contributed by atoms with Crippen LogP contribution in [0, 0.1) is 10.1 Å². The average Bonchev–Trinajstić information content (AvgIpc) is 3.61. The number of hydrogen-bond acceptors (Lipinski definition) is 8. The molecule has 0 bridgehead atoms. The summed E-state index contributed by atoms with van der Waals surface area (Å²) >= 11 is 1.20. The molecule has 9 nitrogen and oxygen atoms in total. The third kappa shape index (κ3) is 4.99. The Bertz CT molecular complexity index is 2010. The first-order valence-corrected chi connectivity index (χ1v) is 13.9. The molecular weight excluding hydrogens is 554 g/mol. The maximum Gasteiger partial charge on any atom is 0.338 e. The summed E-state index contributed by atoms with van der Waals surface area (Å²) in [5, 5.41) is 11.0. The normalized spacial score (nSPS) is 14.8. The fourth-order valence-corrected chi connectivity index (χ4v) is 5.83. The van der Waals surface area contributed by atoms with Crippen LogP contribution >= 0.6 is 11.3 Å². The number of benzene rings is 3. The molecule has 3 heterocycles. The summed E-state index contributed by atoms with van der Waals surface area (Å²) in [7, 11) is 0. The molecule has 0 aliphatic carbocycles. The first kappa shape index (κ1) is 26.9. The molecule has 0 N–H and O–H groups in total. The summed E-state index contributed by atoms with van der Waals surface area (Å²) < 4.78 is 13.4. The van der Waals surface area contributed by atoms with Crippen LogP contribution in [0.3, 0.4) is 0 Å². The number of carbonyl (C=O) groups excluding carboxylic acids is 1. The quantitative estimate of drug-likeness (QED) is 0.151. The summed E-state index contributed by atoms with van der Waals surface area (Å²) in [4.78, 5) is 43.2. The second-order valence-corrected chi connectivity index (χ2v) is 10.4. The van der Waals surface area contributed by atoms with E-state index in [4.69, 9.17) is 14.1 Å². The zero-order valence-electron chi connectivity index (χ0n) is 22.3. The monoisotopic (exact) mass is 577 g/mol. The molecule has 3 aromatic carbocycles. The van der Waals surface area contributed by atoms with Crippen molar-refractivity contribution in [1.29, 1.82) is 0 Å². The third-order valence-corrected chi connectivity index (χ3v) is 7.73.